The third-order valence-corrected chi connectivity index (χ3v) is 5.24. The maximum Gasteiger partial charge on any atom is 0.142 e. The first-order valence-electron chi connectivity index (χ1n) is 8.94. The molecule has 0 saturated heterocycles. The summed E-state index contributed by atoms with van der Waals surface area (Å²) in [4.78, 5) is 11.5. The van der Waals surface area contributed by atoms with Gasteiger partial charge in [0.05, 0.1) is 0 Å². The van der Waals surface area contributed by atoms with Crippen molar-refractivity contribution in [3.05, 3.63) is 59.3 Å². The van der Waals surface area contributed by atoms with Crippen molar-refractivity contribution >= 4 is 11.9 Å². The van der Waals surface area contributed by atoms with Gasteiger partial charge in [-0.1, -0.05) is 0 Å². The molecular formula is C20H20FN5. The summed E-state index contributed by atoms with van der Waals surface area (Å²) in [5, 5.41) is 0. The zero-order valence-corrected chi connectivity index (χ0v) is 14.9. The molecule has 5 nitrogen and oxygen atoms in total. The fourth-order valence-electron chi connectivity index (χ4n) is 3.98. The van der Waals surface area contributed by atoms with Gasteiger partial charge in [-0.3, -0.25) is 0 Å². The van der Waals surface area contributed by atoms with E-state index in [4.69, 9.17) is 4.98 Å². The molecule has 2 aliphatic rings. The Balaban J connectivity index is 1.66. The highest BCUT2D eigenvalue weighted by molar-refractivity contribution is 5.76. The van der Waals surface area contributed by atoms with Gasteiger partial charge in [-0.15, -0.1) is 0 Å². The van der Waals surface area contributed by atoms with Crippen molar-refractivity contribution in [1.29, 1.82) is 0 Å². The summed E-state index contributed by atoms with van der Waals surface area (Å²) in [5.41, 5.74) is 3.22. The summed E-state index contributed by atoms with van der Waals surface area (Å²) >= 11 is 0. The van der Waals surface area contributed by atoms with Crippen LogP contribution in [-0.2, 0) is 19.6 Å². The maximum absolute atomic E-state index is 14.1. The Morgan fingerprint density at radius 3 is 2.77 bits per heavy atom. The summed E-state index contributed by atoms with van der Waals surface area (Å²) in [5.74, 6) is 3.01. The Labute approximate surface area is 151 Å². The molecule has 0 spiro atoms. The van der Waals surface area contributed by atoms with Crippen LogP contribution in [0.4, 0.5) is 10.2 Å². The molecule has 2 aliphatic heterocycles. The highest BCUT2D eigenvalue weighted by atomic mass is 19.1. The Kier molecular flexibility index (Phi) is 3.29. The molecule has 3 aromatic rings. The van der Waals surface area contributed by atoms with Gasteiger partial charge in [0.2, 0.25) is 0 Å². The molecule has 0 atom stereocenters. The minimum absolute atomic E-state index is 0.136. The first kappa shape index (κ1) is 15.4. The second kappa shape index (κ2) is 5.56. The predicted molar refractivity (Wildman–Crippen MR) is 99.2 cm³/mol. The topological polar surface area (TPSA) is 38.9 Å². The molecule has 132 valence electrons. The molecule has 5 rings (SSSR count). The van der Waals surface area contributed by atoms with Crippen LogP contribution < -0.4 is 4.90 Å². The van der Waals surface area contributed by atoms with Crippen LogP contribution >= 0.6 is 0 Å². The number of nitrogens with zero attached hydrogens (tertiary/aromatic N) is 5. The van der Waals surface area contributed by atoms with Crippen molar-refractivity contribution in [2.45, 2.75) is 39.9 Å². The number of fused-ring (bicyclic) bond motifs is 2. The number of imidazole rings is 2. The van der Waals surface area contributed by atoms with E-state index in [-0.39, 0.29) is 5.82 Å². The number of benzene rings is 1. The van der Waals surface area contributed by atoms with Crippen LogP contribution in [0.25, 0.3) is 17.3 Å². The van der Waals surface area contributed by atoms with Gasteiger partial charge in [0.25, 0.3) is 0 Å². The summed E-state index contributed by atoms with van der Waals surface area (Å²) in [6.07, 6.45) is 9.99. The quantitative estimate of drug-likeness (QED) is 0.704. The minimum atomic E-state index is -0.136. The SMILES string of the molecule is Cc1cc(-c2nc3n(c2N2C=Cc4nccn4C2)CCC3)cc(C)c1F. The van der Waals surface area contributed by atoms with E-state index < -0.39 is 0 Å². The number of rotatable bonds is 2. The van der Waals surface area contributed by atoms with Gasteiger partial charge in [-0.25, -0.2) is 14.4 Å². The standard InChI is InChI=1S/C20H20FN5/c1-13-10-15(11-14(2)18(13)21)19-20(26-7-3-4-17(26)23-19)25-8-5-16-22-6-9-24(16)12-25/h5-6,8-11H,3-4,7,12H2,1-2H3. The lowest BCUT2D eigenvalue weighted by Gasteiger charge is -2.26. The van der Waals surface area contributed by atoms with Crippen molar-refractivity contribution in [3.8, 4) is 11.3 Å². The summed E-state index contributed by atoms with van der Waals surface area (Å²) in [6.45, 7) is 5.29. The minimum Gasteiger partial charge on any atom is -0.314 e. The van der Waals surface area contributed by atoms with E-state index in [2.05, 4.69) is 25.2 Å². The Morgan fingerprint density at radius 1 is 1.15 bits per heavy atom. The third-order valence-electron chi connectivity index (χ3n) is 5.24. The number of halogens is 1. The van der Waals surface area contributed by atoms with Gasteiger partial charge in [0, 0.05) is 37.1 Å². The highest BCUT2D eigenvalue weighted by Crippen LogP contribution is 2.37. The molecule has 4 heterocycles. The smallest absolute Gasteiger partial charge is 0.142 e. The lowest BCUT2D eigenvalue weighted by atomic mass is 10.0. The van der Waals surface area contributed by atoms with E-state index >= 15 is 0 Å². The summed E-state index contributed by atoms with van der Waals surface area (Å²) in [6, 6.07) is 3.81. The number of hydrogen-bond acceptors (Lipinski definition) is 3. The van der Waals surface area contributed by atoms with Crippen LogP contribution in [0.1, 0.15) is 29.2 Å². The zero-order valence-electron chi connectivity index (χ0n) is 14.9. The summed E-state index contributed by atoms with van der Waals surface area (Å²) in [7, 11) is 0. The van der Waals surface area contributed by atoms with E-state index in [0.717, 1.165) is 48.1 Å². The largest absolute Gasteiger partial charge is 0.314 e. The van der Waals surface area contributed by atoms with Crippen molar-refractivity contribution < 1.29 is 4.39 Å². The predicted octanol–water partition coefficient (Wildman–Crippen LogP) is 3.90. The highest BCUT2D eigenvalue weighted by Gasteiger charge is 2.27. The lowest BCUT2D eigenvalue weighted by molar-refractivity contribution is 0.609. The Hall–Kier alpha value is -2.89. The summed E-state index contributed by atoms with van der Waals surface area (Å²) < 4.78 is 18.5. The normalized spacial score (nSPS) is 15.4. The van der Waals surface area contributed by atoms with Crippen LogP contribution in [0.2, 0.25) is 0 Å². The zero-order chi connectivity index (χ0) is 17.8. The number of aryl methyl sites for hydroxylation is 3. The molecule has 0 radical (unpaired) electrons. The third kappa shape index (κ3) is 2.21. The number of aromatic nitrogens is 4. The Morgan fingerprint density at radius 2 is 1.96 bits per heavy atom. The molecule has 0 aliphatic carbocycles. The lowest BCUT2D eigenvalue weighted by Crippen LogP contribution is -2.26. The van der Waals surface area contributed by atoms with E-state index in [1.165, 1.54) is 0 Å². The van der Waals surface area contributed by atoms with E-state index in [9.17, 15) is 4.39 Å². The van der Waals surface area contributed by atoms with Gasteiger partial charge >= 0.3 is 0 Å². The van der Waals surface area contributed by atoms with Gasteiger partial charge in [-0.05, 0) is 49.6 Å². The van der Waals surface area contributed by atoms with Gasteiger partial charge in [-0.2, -0.15) is 0 Å². The molecule has 0 N–H and O–H groups in total. The first-order chi connectivity index (χ1) is 12.6. The maximum atomic E-state index is 14.1. The molecule has 0 amide bonds. The van der Waals surface area contributed by atoms with E-state index in [1.807, 2.05) is 44.4 Å². The molecule has 0 saturated carbocycles. The second-order valence-corrected chi connectivity index (χ2v) is 7.06. The van der Waals surface area contributed by atoms with E-state index in [0.29, 0.717) is 17.8 Å². The van der Waals surface area contributed by atoms with Crippen molar-refractivity contribution in [3.63, 3.8) is 0 Å². The fraction of sp³-hybridized carbons (Fsp3) is 0.300. The van der Waals surface area contributed by atoms with Crippen molar-refractivity contribution in [2.75, 3.05) is 4.90 Å². The average Bonchev–Trinajstić information content (AvgIpc) is 3.33. The van der Waals surface area contributed by atoms with Gasteiger partial charge in [0.1, 0.15) is 35.6 Å². The molecule has 26 heavy (non-hydrogen) atoms. The van der Waals surface area contributed by atoms with Crippen LogP contribution in [0, 0.1) is 19.7 Å². The van der Waals surface area contributed by atoms with Crippen molar-refractivity contribution in [1.82, 2.24) is 19.1 Å². The van der Waals surface area contributed by atoms with Crippen LogP contribution in [0.5, 0.6) is 0 Å². The molecule has 6 heteroatoms. The molecule has 0 bridgehead atoms. The van der Waals surface area contributed by atoms with Gasteiger partial charge in [0.15, 0.2) is 0 Å². The molecule has 1 aromatic carbocycles. The van der Waals surface area contributed by atoms with Crippen LogP contribution in [-0.4, -0.2) is 19.1 Å². The number of hydrogen-bond donors (Lipinski definition) is 0. The first-order valence-corrected chi connectivity index (χ1v) is 8.94. The fourth-order valence-corrected chi connectivity index (χ4v) is 3.98. The average molecular weight is 349 g/mol. The molecule has 0 unspecified atom stereocenters. The Bertz CT molecular complexity index is 1020. The molecule has 2 aromatic heterocycles. The van der Waals surface area contributed by atoms with Crippen LogP contribution in [0.15, 0.2) is 30.7 Å². The monoisotopic (exact) mass is 349 g/mol. The molecular weight excluding hydrogens is 329 g/mol. The van der Waals surface area contributed by atoms with Crippen LogP contribution in [0.3, 0.4) is 0 Å². The van der Waals surface area contributed by atoms with Crippen molar-refractivity contribution in [2.24, 2.45) is 0 Å². The number of anilines is 1. The van der Waals surface area contributed by atoms with Gasteiger partial charge < -0.3 is 14.0 Å². The van der Waals surface area contributed by atoms with E-state index in [1.54, 1.807) is 0 Å². The molecule has 0 fully saturated rings. The second-order valence-electron chi connectivity index (χ2n) is 7.06.